The van der Waals surface area contributed by atoms with E-state index in [1.165, 1.54) is 0 Å². The molecule has 0 bridgehead atoms. The molecule has 3 rings (SSSR count). The predicted molar refractivity (Wildman–Crippen MR) is 109 cm³/mol. The molecule has 3 aromatic rings. The number of hydrogen-bond donors (Lipinski definition) is 2. The Labute approximate surface area is 165 Å². The van der Waals surface area contributed by atoms with E-state index in [1.54, 1.807) is 50.4 Å². The molecule has 146 valence electrons. The van der Waals surface area contributed by atoms with Crippen LogP contribution in [-0.2, 0) is 21.4 Å². The molecule has 0 aliphatic carbocycles. The van der Waals surface area contributed by atoms with Crippen LogP contribution in [0.5, 0.6) is 0 Å². The number of hydrogen-bond acceptors (Lipinski definition) is 4. The second-order valence-corrected chi connectivity index (χ2v) is 8.60. The van der Waals surface area contributed by atoms with Gasteiger partial charge in [0.1, 0.15) is 6.04 Å². The Bertz CT molecular complexity index is 1070. The zero-order chi connectivity index (χ0) is 20.1. The summed E-state index contributed by atoms with van der Waals surface area (Å²) in [6.07, 6.45) is 1.64. The number of aromatic nitrogens is 1. The number of sulfonamides is 1. The SMILES string of the molecule is CC(C)C(NS(=O)(=O)c1ccc2ccccc2c1)C(=O)NCc1ccccn1. The zero-order valence-electron chi connectivity index (χ0n) is 15.8. The molecule has 1 heterocycles. The number of nitrogens with one attached hydrogen (secondary N) is 2. The molecule has 28 heavy (non-hydrogen) atoms. The van der Waals surface area contributed by atoms with Crippen LogP contribution in [0.15, 0.2) is 71.8 Å². The van der Waals surface area contributed by atoms with Crippen LogP contribution in [0.4, 0.5) is 0 Å². The lowest BCUT2D eigenvalue weighted by Crippen LogP contribution is -2.49. The zero-order valence-corrected chi connectivity index (χ0v) is 16.6. The van der Waals surface area contributed by atoms with Crippen LogP contribution < -0.4 is 10.0 Å². The molecule has 0 saturated heterocycles. The molecule has 2 aromatic carbocycles. The topological polar surface area (TPSA) is 88.2 Å². The summed E-state index contributed by atoms with van der Waals surface area (Å²) in [4.78, 5) is 16.9. The fraction of sp³-hybridized carbons (Fsp3) is 0.238. The fourth-order valence-corrected chi connectivity index (χ4v) is 4.23. The van der Waals surface area contributed by atoms with Gasteiger partial charge in [0.2, 0.25) is 15.9 Å². The van der Waals surface area contributed by atoms with Crippen LogP contribution in [0.25, 0.3) is 10.8 Å². The predicted octanol–water partition coefficient (Wildman–Crippen LogP) is 2.85. The number of fused-ring (bicyclic) bond motifs is 1. The summed E-state index contributed by atoms with van der Waals surface area (Å²) in [7, 11) is -3.85. The molecule has 2 N–H and O–H groups in total. The third-order valence-corrected chi connectivity index (χ3v) is 5.87. The van der Waals surface area contributed by atoms with Gasteiger partial charge in [0.15, 0.2) is 0 Å². The minimum atomic E-state index is -3.85. The normalized spacial score (nSPS) is 12.8. The van der Waals surface area contributed by atoms with Crippen LogP contribution >= 0.6 is 0 Å². The van der Waals surface area contributed by atoms with Crippen LogP contribution in [0, 0.1) is 5.92 Å². The van der Waals surface area contributed by atoms with Gasteiger partial charge in [0.05, 0.1) is 17.1 Å². The van der Waals surface area contributed by atoms with Gasteiger partial charge < -0.3 is 5.32 Å². The Morgan fingerprint density at radius 3 is 2.39 bits per heavy atom. The number of nitrogens with zero attached hydrogens (tertiary/aromatic N) is 1. The lowest BCUT2D eigenvalue weighted by molar-refractivity contribution is -0.123. The Kier molecular flexibility index (Phi) is 6.06. The van der Waals surface area contributed by atoms with Crippen molar-refractivity contribution in [1.29, 1.82) is 0 Å². The highest BCUT2D eigenvalue weighted by molar-refractivity contribution is 7.89. The van der Waals surface area contributed by atoms with E-state index in [-0.39, 0.29) is 23.3 Å². The van der Waals surface area contributed by atoms with Gasteiger partial charge in [-0.05, 0) is 41.0 Å². The minimum Gasteiger partial charge on any atom is -0.349 e. The standard InChI is InChI=1S/C21H23N3O3S/c1-15(2)20(21(25)23-14-18-9-5-6-12-22-18)24-28(26,27)19-11-10-16-7-3-4-8-17(16)13-19/h3-13,15,20,24H,14H2,1-2H3,(H,23,25). The molecule has 0 spiro atoms. The molecule has 1 aromatic heterocycles. The largest absolute Gasteiger partial charge is 0.349 e. The quantitative estimate of drug-likeness (QED) is 0.642. The third-order valence-electron chi connectivity index (χ3n) is 4.43. The van der Waals surface area contributed by atoms with Crippen molar-refractivity contribution < 1.29 is 13.2 Å². The number of rotatable bonds is 7. The van der Waals surface area contributed by atoms with Crippen LogP contribution in [0.1, 0.15) is 19.5 Å². The summed E-state index contributed by atoms with van der Waals surface area (Å²) in [6.45, 7) is 3.84. The van der Waals surface area contributed by atoms with E-state index in [4.69, 9.17) is 0 Å². The highest BCUT2D eigenvalue weighted by atomic mass is 32.2. The number of carbonyl (C=O) groups excluding carboxylic acids is 1. The van der Waals surface area contributed by atoms with Crippen molar-refractivity contribution in [1.82, 2.24) is 15.0 Å². The number of amides is 1. The maximum absolute atomic E-state index is 12.9. The maximum Gasteiger partial charge on any atom is 0.241 e. The Balaban J connectivity index is 1.77. The van der Waals surface area contributed by atoms with Crippen molar-refractivity contribution in [3.63, 3.8) is 0 Å². The molecule has 1 atom stereocenters. The molecule has 0 saturated carbocycles. The highest BCUT2D eigenvalue weighted by Crippen LogP contribution is 2.19. The lowest BCUT2D eigenvalue weighted by atomic mass is 10.1. The molecular weight excluding hydrogens is 374 g/mol. The van der Waals surface area contributed by atoms with E-state index in [0.29, 0.717) is 5.69 Å². The average Bonchev–Trinajstić information content (AvgIpc) is 2.70. The Hall–Kier alpha value is -2.77. The van der Waals surface area contributed by atoms with E-state index in [0.717, 1.165) is 10.8 Å². The van der Waals surface area contributed by atoms with Crippen molar-refractivity contribution >= 4 is 26.7 Å². The maximum atomic E-state index is 12.9. The molecule has 0 aliphatic rings. The van der Waals surface area contributed by atoms with Gasteiger partial charge in [-0.15, -0.1) is 0 Å². The van der Waals surface area contributed by atoms with Crippen molar-refractivity contribution in [3.8, 4) is 0 Å². The van der Waals surface area contributed by atoms with Gasteiger partial charge in [-0.25, -0.2) is 8.42 Å². The summed E-state index contributed by atoms with van der Waals surface area (Å²) < 4.78 is 28.3. The summed E-state index contributed by atoms with van der Waals surface area (Å²) in [5.74, 6) is -0.607. The second-order valence-electron chi connectivity index (χ2n) is 6.89. The van der Waals surface area contributed by atoms with Crippen LogP contribution in [-0.4, -0.2) is 25.4 Å². The molecular formula is C21H23N3O3S. The monoisotopic (exact) mass is 397 g/mol. The van der Waals surface area contributed by atoms with Crippen LogP contribution in [0.3, 0.4) is 0 Å². The van der Waals surface area contributed by atoms with Gasteiger partial charge in [-0.3, -0.25) is 9.78 Å². The summed E-state index contributed by atoms with van der Waals surface area (Å²) in [5, 5.41) is 4.53. The first kappa shape index (κ1) is 20.0. The van der Waals surface area contributed by atoms with E-state index in [1.807, 2.05) is 30.3 Å². The molecule has 0 fully saturated rings. The van der Waals surface area contributed by atoms with Crippen LogP contribution in [0.2, 0.25) is 0 Å². The van der Waals surface area contributed by atoms with Gasteiger partial charge in [0.25, 0.3) is 0 Å². The molecule has 0 radical (unpaired) electrons. The molecule has 1 amide bonds. The molecule has 1 unspecified atom stereocenters. The smallest absolute Gasteiger partial charge is 0.241 e. The number of carbonyl (C=O) groups is 1. The van der Waals surface area contributed by atoms with Gasteiger partial charge in [0, 0.05) is 6.20 Å². The highest BCUT2D eigenvalue weighted by Gasteiger charge is 2.28. The van der Waals surface area contributed by atoms with E-state index >= 15 is 0 Å². The summed E-state index contributed by atoms with van der Waals surface area (Å²) in [6, 6.07) is 17.0. The van der Waals surface area contributed by atoms with E-state index < -0.39 is 16.1 Å². The van der Waals surface area contributed by atoms with Gasteiger partial charge in [-0.1, -0.05) is 50.2 Å². The first-order chi connectivity index (χ1) is 13.4. The van der Waals surface area contributed by atoms with Crippen molar-refractivity contribution in [2.75, 3.05) is 0 Å². The third kappa shape index (κ3) is 4.74. The van der Waals surface area contributed by atoms with E-state index in [2.05, 4.69) is 15.0 Å². The molecule has 7 heteroatoms. The number of benzene rings is 2. The first-order valence-corrected chi connectivity index (χ1v) is 10.5. The summed E-state index contributed by atoms with van der Waals surface area (Å²) >= 11 is 0. The molecule has 0 aliphatic heterocycles. The number of pyridine rings is 1. The van der Waals surface area contributed by atoms with Crippen molar-refractivity contribution in [2.45, 2.75) is 31.3 Å². The average molecular weight is 398 g/mol. The minimum absolute atomic E-state index is 0.134. The van der Waals surface area contributed by atoms with Gasteiger partial charge >= 0.3 is 0 Å². The Morgan fingerprint density at radius 2 is 1.71 bits per heavy atom. The lowest BCUT2D eigenvalue weighted by Gasteiger charge is -2.21. The fourth-order valence-electron chi connectivity index (χ4n) is 2.85. The Morgan fingerprint density at radius 1 is 1.00 bits per heavy atom. The second kappa shape index (κ2) is 8.50. The van der Waals surface area contributed by atoms with Gasteiger partial charge in [-0.2, -0.15) is 4.72 Å². The van der Waals surface area contributed by atoms with Crippen molar-refractivity contribution in [2.24, 2.45) is 5.92 Å². The van der Waals surface area contributed by atoms with E-state index in [9.17, 15) is 13.2 Å². The summed E-state index contributed by atoms with van der Waals surface area (Å²) in [5.41, 5.74) is 0.704. The van der Waals surface area contributed by atoms with Crippen molar-refractivity contribution in [3.05, 3.63) is 72.6 Å². The molecule has 6 nitrogen and oxygen atoms in total. The first-order valence-electron chi connectivity index (χ1n) is 9.05.